The van der Waals surface area contributed by atoms with Crippen LogP contribution in [-0.4, -0.2) is 92.0 Å². The number of para-hydroxylation sites is 1. The number of hydrogen-bond acceptors (Lipinski definition) is 7. The molecule has 0 saturated carbocycles. The lowest BCUT2D eigenvalue weighted by molar-refractivity contribution is -0.357. The average Bonchev–Trinajstić information content (AvgIpc) is 2.89. The van der Waals surface area contributed by atoms with E-state index in [-0.39, 0.29) is 31.6 Å². The van der Waals surface area contributed by atoms with Crippen LogP contribution < -0.4 is 15.8 Å². The highest BCUT2D eigenvalue weighted by Crippen LogP contribution is 2.45. The number of methoxy groups -OCH3 is 2. The summed E-state index contributed by atoms with van der Waals surface area (Å²) >= 11 is 6.32. The summed E-state index contributed by atoms with van der Waals surface area (Å²) in [6.07, 6.45) is -12.6. The summed E-state index contributed by atoms with van der Waals surface area (Å²) in [4.78, 5) is 25.1. The molecule has 0 bridgehead atoms. The van der Waals surface area contributed by atoms with Crippen LogP contribution in [0.5, 0.6) is 5.75 Å². The minimum Gasteiger partial charge on any atom is -0.493 e. The Labute approximate surface area is 245 Å². The zero-order valence-corrected chi connectivity index (χ0v) is 24.5. The largest absolute Gasteiger partial charge is 0.493 e. The number of rotatable bonds is 17. The highest BCUT2D eigenvalue weighted by Gasteiger charge is 2.77. The fourth-order valence-electron chi connectivity index (χ4n) is 4.00. The first-order valence-electron chi connectivity index (χ1n) is 13.0. The van der Waals surface area contributed by atoms with Gasteiger partial charge in [0.15, 0.2) is 0 Å². The van der Waals surface area contributed by atoms with E-state index in [0.29, 0.717) is 25.4 Å². The number of amides is 2. The SMILES string of the molecule is COCCCCOc1ccccc1C(=O)N(Cl)C[C@@H](C[C@H](N)[C@@H](O)CNC(=O)C(OC)(C(F)(F)F)C(F)(F)F)C(C)C. The van der Waals surface area contributed by atoms with E-state index in [9.17, 15) is 41.0 Å². The quantitative estimate of drug-likeness (QED) is 0.134. The Kier molecular flexibility index (Phi) is 14.8. The van der Waals surface area contributed by atoms with Gasteiger partial charge in [0.1, 0.15) is 5.75 Å². The number of benzene rings is 1. The second-order valence-corrected chi connectivity index (χ2v) is 10.4. The maximum atomic E-state index is 13.3. The van der Waals surface area contributed by atoms with Gasteiger partial charge >= 0.3 is 18.0 Å². The number of halogens is 7. The van der Waals surface area contributed by atoms with E-state index in [1.807, 2.05) is 0 Å². The first-order valence-corrected chi connectivity index (χ1v) is 13.4. The van der Waals surface area contributed by atoms with Gasteiger partial charge in [-0.2, -0.15) is 26.3 Å². The van der Waals surface area contributed by atoms with E-state index in [2.05, 4.69) is 4.74 Å². The number of carbonyl (C=O) groups is 2. The van der Waals surface area contributed by atoms with Gasteiger partial charge < -0.3 is 30.4 Å². The molecular weight excluding hydrogens is 600 g/mol. The summed E-state index contributed by atoms with van der Waals surface area (Å²) in [5.74, 6) is -3.44. The number of nitrogens with zero attached hydrogens (tertiary/aromatic N) is 1. The number of alkyl halides is 6. The fraction of sp³-hybridized carbons (Fsp3) is 0.692. The molecule has 0 spiro atoms. The molecule has 0 aliphatic rings. The third kappa shape index (κ3) is 9.86. The molecule has 9 nitrogen and oxygen atoms in total. The van der Waals surface area contributed by atoms with Gasteiger partial charge in [-0.25, -0.2) is 0 Å². The molecule has 0 unspecified atom stereocenters. The van der Waals surface area contributed by atoms with Crippen molar-refractivity contribution < 1.29 is 55.2 Å². The van der Waals surface area contributed by atoms with Gasteiger partial charge in [-0.15, -0.1) is 0 Å². The van der Waals surface area contributed by atoms with E-state index in [0.717, 1.165) is 10.8 Å². The maximum absolute atomic E-state index is 13.3. The number of aliphatic hydroxyl groups excluding tert-OH is 1. The first kappa shape index (κ1) is 37.7. The molecule has 1 aromatic rings. The van der Waals surface area contributed by atoms with Crippen LogP contribution in [0.15, 0.2) is 24.3 Å². The molecule has 0 saturated heterocycles. The highest BCUT2D eigenvalue weighted by molar-refractivity contribution is 6.24. The standard InChI is InChI=1S/C26H38ClF6N3O6/c1-16(2)17(15-36(27)22(38)18-9-5-6-10-21(18)42-12-8-7-11-40-3)13-19(34)20(37)14-35-23(39)24(41-4,25(28,29)30)26(31,32)33/h5-6,9-10,16-17,19-20,37H,7-8,11-15,34H2,1-4H3,(H,35,39)/t17-,19+,20+/m1/s1. The smallest absolute Gasteiger partial charge is 0.435 e. The van der Waals surface area contributed by atoms with Gasteiger partial charge in [-0.3, -0.25) is 14.0 Å². The minimum atomic E-state index is -6.14. The Morgan fingerprint density at radius 1 is 1.05 bits per heavy atom. The first-order chi connectivity index (χ1) is 19.4. The number of nitrogens with two attached hydrogens (primary N) is 1. The van der Waals surface area contributed by atoms with Crippen LogP contribution in [0.3, 0.4) is 0 Å². The summed E-state index contributed by atoms with van der Waals surface area (Å²) in [5.41, 5.74) is 1.05. The number of carbonyl (C=O) groups excluding carboxylic acids is 2. The van der Waals surface area contributed by atoms with E-state index in [4.69, 9.17) is 27.0 Å². The third-order valence-electron chi connectivity index (χ3n) is 6.64. The Morgan fingerprint density at radius 2 is 1.62 bits per heavy atom. The predicted molar refractivity (Wildman–Crippen MR) is 142 cm³/mol. The Balaban J connectivity index is 2.88. The molecule has 0 heterocycles. The lowest BCUT2D eigenvalue weighted by Gasteiger charge is -2.34. The van der Waals surface area contributed by atoms with Crippen molar-refractivity contribution in [3.05, 3.63) is 29.8 Å². The second kappa shape index (κ2) is 16.5. The fourth-order valence-corrected chi connectivity index (χ4v) is 4.27. The van der Waals surface area contributed by atoms with Gasteiger partial charge in [0, 0.05) is 51.7 Å². The number of ether oxygens (including phenoxy) is 3. The molecule has 0 radical (unpaired) electrons. The molecule has 42 heavy (non-hydrogen) atoms. The van der Waals surface area contributed by atoms with Crippen LogP contribution in [0.4, 0.5) is 26.3 Å². The summed E-state index contributed by atoms with van der Waals surface area (Å²) in [6, 6.07) is 5.26. The number of aliphatic hydroxyl groups is 1. The van der Waals surface area contributed by atoms with Gasteiger partial charge in [0.25, 0.3) is 11.8 Å². The molecule has 3 atom stereocenters. The molecule has 0 aromatic heterocycles. The van der Waals surface area contributed by atoms with E-state index in [1.165, 1.54) is 11.4 Å². The molecule has 0 aliphatic heterocycles. The molecule has 0 fully saturated rings. The average molecular weight is 638 g/mol. The Hall–Kier alpha value is -2.33. The van der Waals surface area contributed by atoms with Gasteiger partial charge in [0.05, 0.1) is 18.3 Å². The summed E-state index contributed by atoms with van der Waals surface area (Å²) in [7, 11) is 1.69. The van der Waals surface area contributed by atoms with Crippen LogP contribution in [0, 0.1) is 11.8 Å². The van der Waals surface area contributed by atoms with Crippen molar-refractivity contribution in [2.24, 2.45) is 17.6 Å². The zero-order chi connectivity index (χ0) is 32.3. The Morgan fingerprint density at radius 3 is 2.14 bits per heavy atom. The summed E-state index contributed by atoms with van der Waals surface area (Å²) in [5, 5.41) is 11.8. The second-order valence-electron chi connectivity index (χ2n) is 9.96. The van der Waals surface area contributed by atoms with Crippen molar-refractivity contribution >= 4 is 23.6 Å². The molecule has 4 N–H and O–H groups in total. The van der Waals surface area contributed by atoms with Crippen molar-refractivity contribution in [1.82, 2.24) is 9.74 Å². The van der Waals surface area contributed by atoms with Crippen LogP contribution in [0.2, 0.25) is 0 Å². The normalized spacial score (nSPS) is 14.8. The topological polar surface area (TPSA) is 123 Å². The van der Waals surface area contributed by atoms with Crippen LogP contribution in [-0.2, 0) is 14.3 Å². The molecule has 1 aromatic carbocycles. The molecule has 0 aliphatic carbocycles. The monoisotopic (exact) mass is 637 g/mol. The van der Waals surface area contributed by atoms with E-state index in [1.54, 1.807) is 39.2 Å². The van der Waals surface area contributed by atoms with Gasteiger partial charge in [-0.1, -0.05) is 26.0 Å². The molecule has 16 heteroatoms. The van der Waals surface area contributed by atoms with Crippen molar-refractivity contribution in [3.63, 3.8) is 0 Å². The van der Waals surface area contributed by atoms with E-state index >= 15 is 0 Å². The van der Waals surface area contributed by atoms with Gasteiger partial charge in [-0.05, 0) is 43.2 Å². The minimum absolute atomic E-state index is 0.0448. The Bertz CT molecular complexity index is 984. The number of nitrogens with one attached hydrogen (secondary N) is 1. The zero-order valence-electron chi connectivity index (χ0n) is 23.7. The summed E-state index contributed by atoms with van der Waals surface area (Å²) < 4.78 is 94.8. The van der Waals surface area contributed by atoms with Crippen LogP contribution in [0.25, 0.3) is 0 Å². The van der Waals surface area contributed by atoms with Crippen LogP contribution >= 0.6 is 11.8 Å². The van der Waals surface area contributed by atoms with Crippen molar-refractivity contribution in [2.75, 3.05) is 40.5 Å². The maximum Gasteiger partial charge on any atom is 0.435 e. The van der Waals surface area contributed by atoms with E-state index < -0.39 is 54.4 Å². The third-order valence-corrected chi connectivity index (χ3v) is 6.93. The van der Waals surface area contributed by atoms with Gasteiger partial charge in [0.2, 0.25) is 0 Å². The van der Waals surface area contributed by atoms with Crippen LogP contribution in [0.1, 0.15) is 43.5 Å². The highest BCUT2D eigenvalue weighted by atomic mass is 35.5. The van der Waals surface area contributed by atoms with Crippen molar-refractivity contribution in [3.8, 4) is 5.75 Å². The predicted octanol–water partition coefficient (Wildman–Crippen LogP) is 4.06. The number of unbranched alkanes of at least 4 members (excludes halogenated alkanes) is 1. The molecular formula is C26H38ClF6N3O6. The molecule has 1 rings (SSSR count). The lowest BCUT2D eigenvalue weighted by atomic mass is 9.87. The lowest BCUT2D eigenvalue weighted by Crippen LogP contribution is -2.67. The van der Waals surface area contributed by atoms with Crippen molar-refractivity contribution in [2.45, 2.75) is 63.2 Å². The number of hydrogen-bond donors (Lipinski definition) is 3. The van der Waals surface area contributed by atoms with Crippen molar-refractivity contribution in [1.29, 1.82) is 0 Å². The molecule has 2 amide bonds. The summed E-state index contributed by atoms with van der Waals surface area (Å²) in [6.45, 7) is 3.36. The molecule has 242 valence electrons.